The number of nitrogens with two attached hydrogens (primary N) is 2. The molecule has 0 fully saturated rings. The number of nitrogens with zero attached hydrogens (tertiary/aromatic N) is 1. The number of methoxy groups -OCH3 is 1. The van der Waals surface area contributed by atoms with E-state index in [-0.39, 0.29) is 6.54 Å². The number of aliphatic imine (C=N–C) groups is 1. The molecule has 0 spiro atoms. The number of primary amides is 1. The van der Waals surface area contributed by atoms with E-state index in [1.807, 2.05) is 0 Å². The van der Waals surface area contributed by atoms with E-state index in [2.05, 4.69) is 10.3 Å². The Labute approximate surface area is 90.1 Å². The number of nitrogens with one attached hydrogen (secondary N) is 1. The topological polar surface area (TPSA) is 103 Å². The zero-order valence-electron chi connectivity index (χ0n) is 9.54. The van der Waals surface area contributed by atoms with Crippen molar-refractivity contribution in [1.29, 1.82) is 0 Å². The van der Waals surface area contributed by atoms with Gasteiger partial charge in [-0.25, -0.2) is 0 Å². The Bertz CT molecular complexity index is 238. The van der Waals surface area contributed by atoms with Crippen LogP contribution in [0.25, 0.3) is 0 Å². The molecule has 0 aromatic heterocycles. The van der Waals surface area contributed by atoms with Crippen molar-refractivity contribution in [2.45, 2.75) is 13.8 Å². The van der Waals surface area contributed by atoms with Crippen LogP contribution in [0.4, 0.5) is 0 Å². The molecule has 1 amide bonds. The third kappa shape index (κ3) is 5.90. The summed E-state index contributed by atoms with van der Waals surface area (Å²) in [6, 6.07) is 0. The second kappa shape index (κ2) is 6.23. The Morgan fingerprint density at radius 2 is 2.07 bits per heavy atom. The van der Waals surface area contributed by atoms with Gasteiger partial charge in [-0.2, -0.15) is 0 Å². The molecule has 0 aromatic rings. The van der Waals surface area contributed by atoms with Gasteiger partial charge in [0, 0.05) is 13.7 Å². The average molecular weight is 216 g/mol. The standard InChI is InChI=1S/C9H20N4O2/c1-9(2,7(10)14)6-13-8(11)12-4-5-15-3/h4-6H2,1-3H3,(H2,10,14)(H3,11,12,13). The van der Waals surface area contributed by atoms with E-state index in [4.69, 9.17) is 16.2 Å². The lowest BCUT2D eigenvalue weighted by Crippen LogP contribution is -2.38. The Morgan fingerprint density at radius 3 is 2.53 bits per heavy atom. The molecule has 0 rings (SSSR count). The van der Waals surface area contributed by atoms with Gasteiger partial charge in [-0.3, -0.25) is 9.79 Å². The largest absolute Gasteiger partial charge is 0.383 e. The van der Waals surface area contributed by atoms with Gasteiger partial charge in [-0.05, 0) is 13.8 Å². The Balaban J connectivity index is 3.99. The van der Waals surface area contributed by atoms with E-state index < -0.39 is 11.3 Å². The van der Waals surface area contributed by atoms with Gasteiger partial charge in [0.1, 0.15) is 0 Å². The van der Waals surface area contributed by atoms with Crippen LogP contribution in [0.5, 0.6) is 0 Å². The number of ether oxygens (including phenoxy) is 1. The van der Waals surface area contributed by atoms with Crippen LogP contribution in [0.1, 0.15) is 13.8 Å². The van der Waals surface area contributed by atoms with Crippen LogP contribution in [0.15, 0.2) is 4.99 Å². The van der Waals surface area contributed by atoms with E-state index >= 15 is 0 Å². The number of carbonyl (C=O) groups excluding carboxylic acids is 1. The van der Waals surface area contributed by atoms with Gasteiger partial charge >= 0.3 is 0 Å². The molecule has 0 bridgehead atoms. The molecule has 0 radical (unpaired) electrons. The minimum absolute atomic E-state index is 0.272. The molecule has 0 aliphatic heterocycles. The van der Waals surface area contributed by atoms with Crippen molar-refractivity contribution in [1.82, 2.24) is 5.32 Å². The maximum Gasteiger partial charge on any atom is 0.224 e. The van der Waals surface area contributed by atoms with Crippen molar-refractivity contribution in [2.75, 3.05) is 26.8 Å². The number of guanidine groups is 1. The fraction of sp³-hybridized carbons (Fsp3) is 0.778. The highest BCUT2D eigenvalue weighted by atomic mass is 16.5. The Kier molecular flexibility index (Phi) is 5.69. The van der Waals surface area contributed by atoms with Gasteiger partial charge in [0.15, 0.2) is 5.96 Å². The number of rotatable bonds is 6. The van der Waals surface area contributed by atoms with Crippen LogP contribution in [-0.4, -0.2) is 38.7 Å². The van der Waals surface area contributed by atoms with Gasteiger partial charge in [0.2, 0.25) is 5.91 Å². The summed E-state index contributed by atoms with van der Waals surface area (Å²) in [6.07, 6.45) is 0. The second-order valence-electron chi connectivity index (χ2n) is 3.87. The second-order valence-corrected chi connectivity index (χ2v) is 3.87. The summed E-state index contributed by atoms with van der Waals surface area (Å²) in [4.78, 5) is 15.0. The highest BCUT2D eigenvalue weighted by molar-refractivity contribution is 5.81. The molecule has 0 saturated heterocycles. The minimum atomic E-state index is -0.673. The first-order valence-corrected chi connectivity index (χ1v) is 4.73. The smallest absolute Gasteiger partial charge is 0.224 e. The van der Waals surface area contributed by atoms with Gasteiger partial charge in [-0.1, -0.05) is 0 Å². The van der Waals surface area contributed by atoms with Crippen LogP contribution < -0.4 is 16.8 Å². The van der Waals surface area contributed by atoms with Crippen molar-refractivity contribution in [2.24, 2.45) is 21.9 Å². The molecule has 0 aromatic carbocycles. The molecule has 0 heterocycles. The maximum atomic E-state index is 11.0. The summed E-state index contributed by atoms with van der Waals surface area (Å²) in [5.74, 6) is -0.0997. The van der Waals surface area contributed by atoms with Gasteiger partial charge < -0.3 is 21.5 Å². The van der Waals surface area contributed by atoms with E-state index in [1.165, 1.54) is 0 Å². The third-order valence-electron chi connectivity index (χ3n) is 1.92. The highest BCUT2D eigenvalue weighted by Gasteiger charge is 2.24. The van der Waals surface area contributed by atoms with E-state index in [0.29, 0.717) is 19.1 Å². The summed E-state index contributed by atoms with van der Waals surface area (Å²) in [5, 5.41) is 2.85. The predicted molar refractivity (Wildman–Crippen MR) is 59.3 cm³/mol. The highest BCUT2D eigenvalue weighted by Crippen LogP contribution is 2.13. The fourth-order valence-corrected chi connectivity index (χ4v) is 0.698. The van der Waals surface area contributed by atoms with Crippen LogP contribution in [0.2, 0.25) is 0 Å². The minimum Gasteiger partial charge on any atom is -0.383 e. The molecule has 0 unspecified atom stereocenters. The summed E-state index contributed by atoms with van der Waals surface area (Å²) in [6.45, 7) is 4.86. The number of hydrogen-bond acceptors (Lipinski definition) is 3. The van der Waals surface area contributed by atoms with Crippen LogP contribution in [0, 0.1) is 5.41 Å². The molecule has 0 aliphatic carbocycles. The Morgan fingerprint density at radius 1 is 1.47 bits per heavy atom. The van der Waals surface area contributed by atoms with E-state index in [9.17, 15) is 4.79 Å². The molecular formula is C9H20N4O2. The van der Waals surface area contributed by atoms with Crippen molar-refractivity contribution in [3.63, 3.8) is 0 Å². The fourth-order valence-electron chi connectivity index (χ4n) is 0.698. The van der Waals surface area contributed by atoms with Gasteiger partial charge in [0.25, 0.3) is 0 Å². The Hall–Kier alpha value is -1.30. The lowest BCUT2D eigenvalue weighted by Gasteiger charge is -2.17. The third-order valence-corrected chi connectivity index (χ3v) is 1.92. The number of amides is 1. The molecule has 6 heteroatoms. The van der Waals surface area contributed by atoms with Crippen molar-refractivity contribution in [3.8, 4) is 0 Å². The lowest BCUT2D eigenvalue weighted by atomic mass is 9.93. The van der Waals surface area contributed by atoms with E-state index in [1.54, 1.807) is 21.0 Å². The van der Waals surface area contributed by atoms with Crippen LogP contribution in [-0.2, 0) is 9.53 Å². The summed E-state index contributed by atoms with van der Waals surface area (Å²) >= 11 is 0. The quantitative estimate of drug-likeness (QED) is 0.302. The number of carbonyl (C=O) groups is 1. The molecule has 5 N–H and O–H groups in total. The SMILES string of the molecule is COCCNC(N)=NCC(C)(C)C(N)=O. The average Bonchev–Trinajstić information content (AvgIpc) is 2.15. The number of hydrogen-bond donors (Lipinski definition) is 3. The summed E-state index contributed by atoms with van der Waals surface area (Å²) < 4.78 is 4.83. The zero-order valence-corrected chi connectivity index (χ0v) is 9.54. The van der Waals surface area contributed by atoms with Crippen LogP contribution >= 0.6 is 0 Å². The van der Waals surface area contributed by atoms with E-state index in [0.717, 1.165) is 0 Å². The molecule has 0 atom stereocenters. The first kappa shape index (κ1) is 13.7. The first-order valence-electron chi connectivity index (χ1n) is 4.73. The van der Waals surface area contributed by atoms with Crippen molar-refractivity contribution >= 4 is 11.9 Å². The zero-order chi connectivity index (χ0) is 11.9. The maximum absolute atomic E-state index is 11.0. The monoisotopic (exact) mass is 216 g/mol. The lowest BCUT2D eigenvalue weighted by molar-refractivity contribution is -0.125. The first-order chi connectivity index (χ1) is 6.90. The normalized spacial score (nSPS) is 12.6. The molecular weight excluding hydrogens is 196 g/mol. The molecule has 88 valence electrons. The molecule has 0 aliphatic rings. The summed E-state index contributed by atoms with van der Waals surface area (Å²) in [7, 11) is 1.60. The molecule has 15 heavy (non-hydrogen) atoms. The van der Waals surface area contributed by atoms with Crippen molar-refractivity contribution < 1.29 is 9.53 Å². The predicted octanol–water partition coefficient (Wildman–Crippen LogP) is -0.951. The van der Waals surface area contributed by atoms with Crippen molar-refractivity contribution in [3.05, 3.63) is 0 Å². The van der Waals surface area contributed by atoms with Crippen LogP contribution in [0.3, 0.4) is 0 Å². The van der Waals surface area contributed by atoms with Gasteiger partial charge in [0.05, 0.1) is 18.6 Å². The molecule has 0 saturated carbocycles. The van der Waals surface area contributed by atoms with Gasteiger partial charge in [-0.15, -0.1) is 0 Å². The summed E-state index contributed by atoms with van der Waals surface area (Å²) in [5.41, 5.74) is 10.1. The molecule has 6 nitrogen and oxygen atoms in total.